The van der Waals surface area contributed by atoms with Gasteiger partial charge in [-0.1, -0.05) is 13.8 Å². The summed E-state index contributed by atoms with van der Waals surface area (Å²) in [5.41, 5.74) is -0.208. The molecule has 1 heterocycles. The number of carboxylic acid groups (broad SMARTS) is 1. The predicted molar refractivity (Wildman–Crippen MR) is 120 cm³/mol. The molecule has 188 valence electrons. The molecule has 4 saturated carbocycles. The SMILES string of the molecule is C[C@]12CC[C@H](OC(=O)CCC(=O)[O-])C[C@H]1CC[C@@H]1[C@@H]2CC[C@]2(C)[C@@H](C3=CCOC3=O)CC[C@]12O.[Na+]. The van der Waals surface area contributed by atoms with Crippen LogP contribution in [0.1, 0.15) is 84.5 Å². The minimum absolute atomic E-state index is 0. The summed E-state index contributed by atoms with van der Waals surface area (Å²) in [5.74, 6) is -0.759. The largest absolute Gasteiger partial charge is 1.00 e. The standard InChI is InChI=1S/C27H38O7.Na/c1-25-11-7-17(34-23(30)6-5-22(28)29)15-16(25)3-4-21-20(25)8-12-26(2)19(9-13-27(21,26)32)18-10-14-33-24(18)31;/h10,16-17,19-21,32H,3-9,11-15H2,1-2H3,(H,28,29);/q;+1/p-1/t16-,17+,19-,20+,21-,25+,26-,27+;/m1./s1. The fourth-order valence-electron chi connectivity index (χ4n) is 8.90. The topological polar surface area (TPSA) is 113 Å². The van der Waals surface area contributed by atoms with Gasteiger partial charge in [0.2, 0.25) is 0 Å². The zero-order chi connectivity index (χ0) is 24.3. The van der Waals surface area contributed by atoms with E-state index in [2.05, 4.69) is 13.8 Å². The number of hydrogen-bond donors (Lipinski definition) is 1. The summed E-state index contributed by atoms with van der Waals surface area (Å²) in [7, 11) is 0. The van der Waals surface area contributed by atoms with Gasteiger partial charge in [0.15, 0.2) is 0 Å². The second-order valence-corrected chi connectivity index (χ2v) is 12.0. The number of carbonyl (C=O) groups is 3. The van der Waals surface area contributed by atoms with Gasteiger partial charge in [-0.05, 0) is 99.4 Å². The smallest absolute Gasteiger partial charge is 0.550 e. The quantitative estimate of drug-likeness (QED) is 0.410. The van der Waals surface area contributed by atoms with Crippen molar-refractivity contribution in [1.29, 1.82) is 0 Å². The molecule has 0 aromatic carbocycles. The van der Waals surface area contributed by atoms with Crippen molar-refractivity contribution in [2.24, 2.45) is 34.5 Å². The number of esters is 2. The molecular weight excluding hydrogens is 459 g/mol. The van der Waals surface area contributed by atoms with Crippen molar-refractivity contribution in [3.8, 4) is 0 Å². The number of ether oxygens (including phenoxy) is 2. The first-order valence-corrected chi connectivity index (χ1v) is 13.1. The van der Waals surface area contributed by atoms with E-state index in [1.165, 1.54) is 0 Å². The minimum Gasteiger partial charge on any atom is -0.550 e. The maximum Gasteiger partial charge on any atom is 1.00 e. The molecule has 4 aliphatic carbocycles. The third-order valence-corrected chi connectivity index (χ3v) is 10.8. The van der Waals surface area contributed by atoms with Gasteiger partial charge >= 0.3 is 41.5 Å². The molecule has 0 aromatic heterocycles. The Morgan fingerprint density at radius 2 is 1.86 bits per heavy atom. The van der Waals surface area contributed by atoms with Gasteiger partial charge in [-0.2, -0.15) is 0 Å². The molecule has 0 saturated heterocycles. The van der Waals surface area contributed by atoms with Crippen LogP contribution < -0.4 is 34.7 Å². The molecule has 8 atom stereocenters. The van der Waals surface area contributed by atoms with Crippen LogP contribution in [-0.4, -0.2) is 41.3 Å². The molecule has 0 aromatic rings. The fraction of sp³-hybridized carbons (Fsp3) is 0.815. The Morgan fingerprint density at radius 1 is 1.09 bits per heavy atom. The summed E-state index contributed by atoms with van der Waals surface area (Å²) in [6.45, 7) is 4.92. The molecule has 0 amide bonds. The number of rotatable bonds is 5. The maximum absolute atomic E-state index is 12.3. The van der Waals surface area contributed by atoms with Crippen LogP contribution in [0.25, 0.3) is 0 Å². The van der Waals surface area contributed by atoms with Crippen LogP contribution in [0.2, 0.25) is 0 Å². The predicted octanol–water partition coefficient (Wildman–Crippen LogP) is -0.311. The molecule has 0 spiro atoms. The van der Waals surface area contributed by atoms with E-state index >= 15 is 0 Å². The normalized spacial score (nSPS) is 44.1. The van der Waals surface area contributed by atoms with Crippen LogP contribution in [0, 0.1) is 34.5 Å². The monoisotopic (exact) mass is 496 g/mol. The molecule has 7 nitrogen and oxygen atoms in total. The summed E-state index contributed by atoms with van der Waals surface area (Å²) in [6.07, 6.45) is 9.35. The van der Waals surface area contributed by atoms with E-state index in [9.17, 15) is 24.6 Å². The van der Waals surface area contributed by atoms with Gasteiger partial charge in [0.25, 0.3) is 0 Å². The summed E-state index contributed by atoms with van der Waals surface area (Å²) < 4.78 is 10.8. The van der Waals surface area contributed by atoms with E-state index in [1.54, 1.807) is 0 Å². The van der Waals surface area contributed by atoms with Crippen molar-refractivity contribution in [3.05, 3.63) is 11.6 Å². The number of carboxylic acids is 1. The van der Waals surface area contributed by atoms with Gasteiger partial charge in [-0.25, -0.2) is 4.79 Å². The average Bonchev–Trinajstić information content (AvgIpc) is 3.32. The van der Waals surface area contributed by atoms with E-state index in [1.807, 2.05) is 6.08 Å². The molecule has 1 aliphatic heterocycles. The Labute approximate surface area is 229 Å². The van der Waals surface area contributed by atoms with Crippen LogP contribution in [0.5, 0.6) is 0 Å². The first-order valence-electron chi connectivity index (χ1n) is 13.1. The number of aliphatic carboxylic acids is 1. The van der Waals surface area contributed by atoms with Crippen LogP contribution in [0.4, 0.5) is 0 Å². The summed E-state index contributed by atoms with van der Waals surface area (Å²) in [6, 6.07) is 0. The fourth-order valence-corrected chi connectivity index (χ4v) is 8.90. The third kappa shape index (κ3) is 4.32. The number of aliphatic hydroxyl groups is 1. The third-order valence-electron chi connectivity index (χ3n) is 10.8. The first kappa shape index (κ1) is 27.2. The molecule has 0 bridgehead atoms. The van der Waals surface area contributed by atoms with Crippen molar-refractivity contribution >= 4 is 17.9 Å². The van der Waals surface area contributed by atoms with Crippen molar-refractivity contribution in [1.82, 2.24) is 0 Å². The number of fused-ring (bicyclic) bond motifs is 5. The number of carbonyl (C=O) groups excluding carboxylic acids is 3. The van der Waals surface area contributed by atoms with Crippen LogP contribution in [0.3, 0.4) is 0 Å². The zero-order valence-electron chi connectivity index (χ0n) is 21.3. The van der Waals surface area contributed by atoms with E-state index in [0.29, 0.717) is 18.4 Å². The van der Waals surface area contributed by atoms with Gasteiger partial charge < -0.3 is 24.5 Å². The van der Waals surface area contributed by atoms with Gasteiger partial charge in [-0.15, -0.1) is 0 Å². The molecule has 5 rings (SSSR count). The molecular formula is C27H37NaO7. The Hall–Kier alpha value is -0.890. The first-order chi connectivity index (χ1) is 16.1. The zero-order valence-corrected chi connectivity index (χ0v) is 23.3. The van der Waals surface area contributed by atoms with E-state index in [-0.39, 0.29) is 77.1 Å². The molecule has 0 unspecified atom stereocenters. The number of hydrogen-bond acceptors (Lipinski definition) is 7. The second kappa shape index (κ2) is 9.77. The summed E-state index contributed by atoms with van der Waals surface area (Å²) in [5, 5.41) is 22.9. The van der Waals surface area contributed by atoms with Gasteiger partial charge in [0.1, 0.15) is 12.7 Å². The molecule has 1 N–H and O–H groups in total. The van der Waals surface area contributed by atoms with Crippen LogP contribution in [0.15, 0.2) is 11.6 Å². The van der Waals surface area contributed by atoms with E-state index in [4.69, 9.17) is 9.47 Å². The van der Waals surface area contributed by atoms with Gasteiger partial charge in [0, 0.05) is 17.0 Å². The van der Waals surface area contributed by atoms with E-state index in [0.717, 1.165) is 63.4 Å². The molecule has 35 heavy (non-hydrogen) atoms. The van der Waals surface area contributed by atoms with Crippen molar-refractivity contribution in [2.45, 2.75) is 96.2 Å². The van der Waals surface area contributed by atoms with Crippen LogP contribution >= 0.6 is 0 Å². The van der Waals surface area contributed by atoms with Crippen LogP contribution in [-0.2, 0) is 23.9 Å². The molecule has 5 aliphatic rings. The Kier molecular flexibility index (Phi) is 7.58. The second-order valence-electron chi connectivity index (χ2n) is 12.0. The Bertz CT molecular complexity index is 917. The van der Waals surface area contributed by atoms with Gasteiger partial charge in [0.05, 0.1) is 12.0 Å². The van der Waals surface area contributed by atoms with E-state index < -0.39 is 17.5 Å². The summed E-state index contributed by atoms with van der Waals surface area (Å²) in [4.78, 5) is 35.0. The molecule has 8 heteroatoms. The van der Waals surface area contributed by atoms with Crippen molar-refractivity contribution in [2.75, 3.05) is 6.61 Å². The minimum atomic E-state index is -1.23. The summed E-state index contributed by atoms with van der Waals surface area (Å²) >= 11 is 0. The van der Waals surface area contributed by atoms with Crippen molar-refractivity contribution < 1.29 is 63.6 Å². The Morgan fingerprint density at radius 3 is 2.54 bits per heavy atom. The Balaban J connectivity index is 0.00000289. The average molecular weight is 497 g/mol. The van der Waals surface area contributed by atoms with Crippen molar-refractivity contribution in [3.63, 3.8) is 0 Å². The number of cyclic esters (lactones) is 1. The molecule has 4 fully saturated rings. The van der Waals surface area contributed by atoms with Gasteiger partial charge in [-0.3, -0.25) is 4.79 Å². The maximum atomic E-state index is 12.3. The molecule has 0 radical (unpaired) electrons.